The van der Waals surface area contributed by atoms with E-state index in [1.807, 2.05) is 37.1 Å². The Labute approximate surface area is 139 Å². The van der Waals surface area contributed by atoms with E-state index in [1.54, 1.807) is 11.3 Å². The Hall–Kier alpha value is -1.86. The summed E-state index contributed by atoms with van der Waals surface area (Å²) in [7, 11) is 0. The van der Waals surface area contributed by atoms with Crippen LogP contribution >= 0.6 is 11.3 Å². The second kappa shape index (κ2) is 6.72. The van der Waals surface area contributed by atoms with Crippen LogP contribution in [0.25, 0.3) is 0 Å². The van der Waals surface area contributed by atoms with Crippen molar-refractivity contribution < 1.29 is 14.1 Å². The molecule has 1 aliphatic heterocycles. The van der Waals surface area contributed by atoms with Crippen LogP contribution in [0.3, 0.4) is 0 Å². The summed E-state index contributed by atoms with van der Waals surface area (Å²) in [6.45, 7) is 7.30. The maximum absolute atomic E-state index is 12.5. The third kappa shape index (κ3) is 3.56. The number of hydrogen-bond donors (Lipinski definition) is 1. The standard InChI is InChI=1S/C16H21N3O3S/c1-10-7-19(8-15(21-10)13-4-5-23-9-13)16(20)17-6-14-11(2)18-22-12(14)3/h4-5,9-10,15H,6-8H2,1-3H3,(H,17,20)/t10-,15+/m1/s1. The van der Waals surface area contributed by atoms with Gasteiger partial charge in [-0.3, -0.25) is 0 Å². The number of amides is 2. The topological polar surface area (TPSA) is 67.6 Å². The van der Waals surface area contributed by atoms with Gasteiger partial charge >= 0.3 is 6.03 Å². The minimum atomic E-state index is -0.0830. The van der Waals surface area contributed by atoms with Gasteiger partial charge in [0.1, 0.15) is 11.9 Å². The fourth-order valence-corrected chi connectivity index (χ4v) is 3.49. The summed E-state index contributed by atoms with van der Waals surface area (Å²) in [6.07, 6.45) is -0.0479. The summed E-state index contributed by atoms with van der Waals surface area (Å²) < 4.78 is 11.1. The van der Waals surface area contributed by atoms with Gasteiger partial charge in [0.25, 0.3) is 0 Å². The van der Waals surface area contributed by atoms with Gasteiger partial charge in [-0.2, -0.15) is 11.3 Å². The summed E-state index contributed by atoms with van der Waals surface area (Å²) in [4.78, 5) is 14.3. The molecule has 124 valence electrons. The number of rotatable bonds is 3. The van der Waals surface area contributed by atoms with Crippen molar-refractivity contribution >= 4 is 17.4 Å². The molecule has 7 heteroatoms. The smallest absolute Gasteiger partial charge is 0.317 e. The number of aromatic nitrogens is 1. The maximum atomic E-state index is 12.5. The Morgan fingerprint density at radius 1 is 1.48 bits per heavy atom. The summed E-state index contributed by atoms with van der Waals surface area (Å²) in [5, 5.41) is 11.0. The molecule has 0 spiro atoms. The molecule has 23 heavy (non-hydrogen) atoms. The lowest BCUT2D eigenvalue weighted by Gasteiger charge is -2.36. The monoisotopic (exact) mass is 335 g/mol. The molecule has 2 aromatic rings. The molecule has 2 atom stereocenters. The zero-order valence-electron chi connectivity index (χ0n) is 13.5. The first-order valence-corrected chi connectivity index (χ1v) is 8.61. The van der Waals surface area contributed by atoms with Crippen LogP contribution in [0.1, 0.15) is 35.6 Å². The predicted octanol–water partition coefficient (Wildman–Crippen LogP) is 3.02. The van der Waals surface area contributed by atoms with E-state index in [0.29, 0.717) is 19.6 Å². The zero-order chi connectivity index (χ0) is 16.4. The van der Waals surface area contributed by atoms with Crippen molar-refractivity contribution in [2.75, 3.05) is 13.1 Å². The van der Waals surface area contributed by atoms with E-state index in [9.17, 15) is 4.79 Å². The minimum Gasteiger partial charge on any atom is -0.367 e. The first-order chi connectivity index (χ1) is 11.0. The summed E-state index contributed by atoms with van der Waals surface area (Å²) in [5.41, 5.74) is 2.88. The fourth-order valence-electron chi connectivity index (χ4n) is 2.79. The molecule has 1 N–H and O–H groups in total. The predicted molar refractivity (Wildman–Crippen MR) is 87.4 cm³/mol. The van der Waals surface area contributed by atoms with Crippen LogP contribution in [0.15, 0.2) is 21.3 Å². The third-order valence-electron chi connectivity index (χ3n) is 4.06. The number of nitrogens with zero attached hydrogens (tertiary/aromatic N) is 2. The van der Waals surface area contributed by atoms with Gasteiger partial charge in [0.15, 0.2) is 0 Å². The lowest BCUT2D eigenvalue weighted by atomic mass is 10.1. The first-order valence-electron chi connectivity index (χ1n) is 7.66. The summed E-state index contributed by atoms with van der Waals surface area (Å²) >= 11 is 1.64. The number of hydrogen-bond acceptors (Lipinski definition) is 5. The highest BCUT2D eigenvalue weighted by molar-refractivity contribution is 7.07. The molecule has 0 saturated carbocycles. The van der Waals surface area contributed by atoms with Crippen LogP contribution in [0.2, 0.25) is 0 Å². The Kier molecular flexibility index (Phi) is 4.68. The van der Waals surface area contributed by atoms with Crippen molar-refractivity contribution in [3.05, 3.63) is 39.4 Å². The van der Waals surface area contributed by atoms with Gasteiger partial charge in [-0.25, -0.2) is 4.79 Å². The van der Waals surface area contributed by atoms with Crippen molar-refractivity contribution in [2.45, 2.75) is 39.5 Å². The number of carbonyl (C=O) groups excluding carboxylic acids is 1. The highest BCUT2D eigenvalue weighted by Gasteiger charge is 2.29. The average Bonchev–Trinajstić information content (AvgIpc) is 3.16. The molecule has 0 bridgehead atoms. The first kappa shape index (κ1) is 16.0. The molecule has 0 aromatic carbocycles. The number of urea groups is 1. The number of carbonyl (C=O) groups is 1. The molecule has 0 radical (unpaired) electrons. The molecule has 1 aliphatic rings. The number of aryl methyl sites for hydroxylation is 2. The Balaban J connectivity index is 1.62. The normalized spacial score (nSPS) is 21.4. The van der Waals surface area contributed by atoms with Crippen LogP contribution < -0.4 is 5.32 Å². The minimum absolute atomic E-state index is 0.0125. The molecule has 3 heterocycles. The van der Waals surface area contributed by atoms with Crippen LogP contribution in [0.4, 0.5) is 4.79 Å². The number of nitrogens with one attached hydrogen (secondary N) is 1. The summed E-state index contributed by atoms with van der Waals surface area (Å²) in [5.74, 6) is 0.745. The molecule has 1 fully saturated rings. The van der Waals surface area contributed by atoms with Crippen molar-refractivity contribution in [3.8, 4) is 0 Å². The number of ether oxygens (including phenoxy) is 1. The van der Waals surface area contributed by atoms with E-state index in [1.165, 1.54) is 0 Å². The van der Waals surface area contributed by atoms with Gasteiger partial charge in [0.05, 0.1) is 18.3 Å². The van der Waals surface area contributed by atoms with E-state index in [-0.39, 0.29) is 18.2 Å². The molecule has 6 nitrogen and oxygen atoms in total. The van der Waals surface area contributed by atoms with Crippen molar-refractivity contribution in [1.82, 2.24) is 15.4 Å². The lowest BCUT2D eigenvalue weighted by Crippen LogP contribution is -2.49. The molecular formula is C16H21N3O3S. The van der Waals surface area contributed by atoms with Crippen LogP contribution in [0.5, 0.6) is 0 Å². The highest BCUT2D eigenvalue weighted by atomic mass is 32.1. The van der Waals surface area contributed by atoms with E-state index in [2.05, 4.69) is 15.9 Å². The SMILES string of the molecule is Cc1noc(C)c1CNC(=O)N1C[C@@H](C)O[C@H](c2ccsc2)C1. The second-order valence-electron chi connectivity index (χ2n) is 5.86. The largest absolute Gasteiger partial charge is 0.367 e. The highest BCUT2D eigenvalue weighted by Crippen LogP contribution is 2.26. The number of thiophene rings is 1. The lowest BCUT2D eigenvalue weighted by molar-refractivity contribution is -0.0655. The molecule has 0 unspecified atom stereocenters. The Bertz CT molecular complexity index is 649. The zero-order valence-corrected chi connectivity index (χ0v) is 14.4. The fraction of sp³-hybridized carbons (Fsp3) is 0.500. The van der Waals surface area contributed by atoms with Gasteiger partial charge in [0, 0.05) is 18.7 Å². The molecule has 3 rings (SSSR count). The van der Waals surface area contributed by atoms with Gasteiger partial charge in [-0.1, -0.05) is 5.16 Å². The molecule has 1 saturated heterocycles. The van der Waals surface area contributed by atoms with E-state index in [0.717, 1.165) is 22.6 Å². The van der Waals surface area contributed by atoms with E-state index >= 15 is 0 Å². The maximum Gasteiger partial charge on any atom is 0.317 e. The van der Waals surface area contributed by atoms with Crippen LogP contribution in [-0.4, -0.2) is 35.3 Å². The molecular weight excluding hydrogens is 314 g/mol. The second-order valence-corrected chi connectivity index (χ2v) is 6.64. The van der Waals surface area contributed by atoms with Gasteiger partial charge in [0.2, 0.25) is 0 Å². The Morgan fingerprint density at radius 3 is 2.96 bits per heavy atom. The summed E-state index contributed by atoms with van der Waals surface area (Å²) in [6, 6.07) is 1.97. The number of morpholine rings is 1. The van der Waals surface area contributed by atoms with Gasteiger partial charge < -0.3 is 19.5 Å². The molecule has 2 aromatic heterocycles. The van der Waals surface area contributed by atoms with Crippen LogP contribution in [0, 0.1) is 13.8 Å². The van der Waals surface area contributed by atoms with Crippen LogP contribution in [-0.2, 0) is 11.3 Å². The molecule has 0 aliphatic carbocycles. The van der Waals surface area contributed by atoms with Gasteiger partial charge in [-0.05, 0) is 43.2 Å². The van der Waals surface area contributed by atoms with Gasteiger partial charge in [-0.15, -0.1) is 0 Å². The van der Waals surface area contributed by atoms with Crippen molar-refractivity contribution in [1.29, 1.82) is 0 Å². The van der Waals surface area contributed by atoms with E-state index < -0.39 is 0 Å². The van der Waals surface area contributed by atoms with E-state index in [4.69, 9.17) is 9.26 Å². The third-order valence-corrected chi connectivity index (χ3v) is 4.76. The quantitative estimate of drug-likeness (QED) is 0.936. The molecule has 2 amide bonds. The Morgan fingerprint density at radius 2 is 2.30 bits per heavy atom. The average molecular weight is 335 g/mol. The van der Waals surface area contributed by atoms with Crippen molar-refractivity contribution in [2.24, 2.45) is 0 Å². The van der Waals surface area contributed by atoms with Crippen molar-refractivity contribution in [3.63, 3.8) is 0 Å².